The van der Waals surface area contributed by atoms with Crippen molar-refractivity contribution < 1.29 is 13.9 Å². The molecule has 0 radical (unpaired) electrons. The quantitative estimate of drug-likeness (QED) is 0.849. The molecule has 0 aliphatic rings. The number of carbonyl (C=O) groups excluding carboxylic acids is 1. The second kappa shape index (κ2) is 4.99. The van der Waals surface area contributed by atoms with Crippen LogP contribution < -0.4 is 5.32 Å². The Hall–Kier alpha value is -1.84. The zero-order chi connectivity index (χ0) is 13.1. The number of benzene rings is 1. The molecule has 0 aliphatic heterocycles. The molecule has 17 heavy (non-hydrogen) atoms. The van der Waals surface area contributed by atoms with Gasteiger partial charge in [-0.05, 0) is 39.0 Å². The molecule has 0 saturated heterocycles. The smallest absolute Gasteiger partial charge is 0.412 e. The molecule has 0 saturated carbocycles. The maximum Gasteiger partial charge on any atom is 0.412 e. The van der Waals surface area contributed by atoms with E-state index >= 15 is 0 Å². The molecule has 0 aromatic heterocycles. The zero-order valence-electron chi connectivity index (χ0n) is 10.2. The van der Waals surface area contributed by atoms with Gasteiger partial charge in [0.15, 0.2) is 0 Å². The second-order valence-electron chi connectivity index (χ2n) is 4.57. The number of carbonyl (C=O) groups is 1. The predicted octanol–water partition coefficient (Wildman–Crippen LogP) is 3.82. The third-order valence-electron chi connectivity index (χ3n) is 1.86. The fourth-order valence-corrected chi connectivity index (χ4v) is 1.20. The van der Waals surface area contributed by atoms with Gasteiger partial charge in [0.05, 0.1) is 0 Å². The minimum absolute atomic E-state index is 0.332. The Morgan fingerprint density at radius 2 is 2.12 bits per heavy atom. The van der Waals surface area contributed by atoms with Crippen LogP contribution in [0.4, 0.5) is 14.9 Å². The van der Waals surface area contributed by atoms with Gasteiger partial charge >= 0.3 is 6.09 Å². The molecule has 0 fully saturated rings. The summed E-state index contributed by atoms with van der Waals surface area (Å²) in [7, 11) is 0. The topological polar surface area (TPSA) is 38.3 Å². The van der Waals surface area contributed by atoms with E-state index in [0.717, 1.165) is 0 Å². The fourth-order valence-electron chi connectivity index (χ4n) is 1.20. The van der Waals surface area contributed by atoms with Crippen molar-refractivity contribution in [2.24, 2.45) is 0 Å². The maximum absolute atomic E-state index is 13.2. The normalized spacial score (nSPS) is 10.8. The molecule has 3 nitrogen and oxygen atoms in total. The lowest BCUT2D eigenvalue weighted by Crippen LogP contribution is -2.27. The van der Waals surface area contributed by atoms with Crippen molar-refractivity contribution in [3.8, 4) is 0 Å². The maximum atomic E-state index is 13.2. The summed E-state index contributed by atoms with van der Waals surface area (Å²) in [5, 5.41) is 2.52. The van der Waals surface area contributed by atoms with Crippen LogP contribution >= 0.6 is 0 Å². The van der Waals surface area contributed by atoms with E-state index in [-0.39, 0.29) is 5.82 Å². The third-order valence-corrected chi connectivity index (χ3v) is 1.86. The molecule has 0 spiro atoms. The zero-order valence-corrected chi connectivity index (χ0v) is 10.2. The van der Waals surface area contributed by atoms with Gasteiger partial charge in [0.2, 0.25) is 0 Å². The van der Waals surface area contributed by atoms with E-state index in [1.807, 2.05) is 0 Å². The SMILES string of the molecule is C=Cc1cc(NC(=O)OC(C)(C)C)ccc1F. The van der Waals surface area contributed by atoms with Gasteiger partial charge in [-0.1, -0.05) is 12.7 Å². The van der Waals surface area contributed by atoms with Crippen LogP contribution in [-0.2, 0) is 4.74 Å². The molecule has 0 atom stereocenters. The highest BCUT2D eigenvalue weighted by atomic mass is 19.1. The highest BCUT2D eigenvalue weighted by Crippen LogP contribution is 2.17. The molecule has 1 aromatic rings. The van der Waals surface area contributed by atoms with Gasteiger partial charge in [0.1, 0.15) is 11.4 Å². The molecular weight excluding hydrogens is 221 g/mol. The number of amides is 1. The minimum atomic E-state index is -0.570. The van der Waals surface area contributed by atoms with Crippen molar-refractivity contribution in [3.63, 3.8) is 0 Å². The van der Waals surface area contributed by atoms with Gasteiger partial charge in [0, 0.05) is 11.3 Å². The van der Waals surface area contributed by atoms with Crippen LogP contribution in [0.5, 0.6) is 0 Å². The van der Waals surface area contributed by atoms with Crippen LogP contribution in [0.25, 0.3) is 6.08 Å². The number of nitrogens with one attached hydrogen (secondary N) is 1. The van der Waals surface area contributed by atoms with Crippen molar-refractivity contribution in [2.45, 2.75) is 26.4 Å². The lowest BCUT2D eigenvalue weighted by atomic mass is 10.2. The summed E-state index contributed by atoms with van der Waals surface area (Å²) in [5.74, 6) is -0.380. The predicted molar refractivity (Wildman–Crippen MR) is 66.3 cm³/mol. The van der Waals surface area contributed by atoms with Gasteiger partial charge in [-0.15, -0.1) is 0 Å². The molecule has 1 amide bonds. The van der Waals surface area contributed by atoms with E-state index in [0.29, 0.717) is 11.3 Å². The van der Waals surface area contributed by atoms with Crippen molar-refractivity contribution >= 4 is 17.9 Å². The van der Waals surface area contributed by atoms with Gasteiger partial charge in [-0.3, -0.25) is 5.32 Å². The highest BCUT2D eigenvalue weighted by molar-refractivity contribution is 5.85. The summed E-state index contributed by atoms with van der Waals surface area (Å²) in [5.41, 5.74) is 0.236. The summed E-state index contributed by atoms with van der Waals surface area (Å²) in [6, 6.07) is 4.22. The molecule has 1 aromatic carbocycles. The average molecular weight is 237 g/mol. The van der Waals surface area contributed by atoms with Crippen LogP contribution in [0.15, 0.2) is 24.8 Å². The highest BCUT2D eigenvalue weighted by Gasteiger charge is 2.16. The van der Waals surface area contributed by atoms with E-state index in [1.165, 1.54) is 24.3 Å². The minimum Gasteiger partial charge on any atom is -0.444 e. The van der Waals surface area contributed by atoms with Crippen LogP contribution in [0.3, 0.4) is 0 Å². The van der Waals surface area contributed by atoms with Crippen LogP contribution in [-0.4, -0.2) is 11.7 Å². The van der Waals surface area contributed by atoms with Crippen molar-refractivity contribution in [3.05, 3.63) is 36.2 Å². The molecule has 4 heteroatoms. The number of hydrogen-bond acceptors (Lipinski definition) is 2. The van der Waals surface area contributed by atoms with Crippen molar-refractivity contribution in [2.75, 3.05) is 5.32 Å². The summed E-state index contributed by atoms with van der Waals surface area (Å²) in [4.78, 5) is 11.5. The van der Waals surface area contributed by atoms with Crippen molar-refractivity contribution in [1.29, 1.82) is 0 Å². The molecule has 92 valence electrons. The lowest BCUT2D eigenvalue weighted by Gasteiger charge is -2.19. The molecule has 0 bridgehead atoms. The van der Waals surface area contributed by atoms with E-state index in [1.54, 1.807) is 20.8 Å². The Morgan fingerprint density at radius 1 is 1.47 bits per heavy atom. The van der Waals surface area contributed by atoms with Crippen LogP contribution in [0.2, 0.25) is 0 Å². The number of ether oxygens (including phenoxy) is 1. The molecule has 0 heterocycles. The van der Waals surface area contributed by atoms with Gasteiger partial charge in [0.25, 0.3) is 0 Å². The largest absolute Gasteiger partial charge is 0.444 e. The average Bonchev–Trinajstić information content (AvgIpc) is 2.18. The summed E-state index contributed by atoms with van der Waals surface area (Å²) >= 11 is 0. The molecule has 1 rings (SSSR count). The summed E-state index contributed by atoms with van der Waals surface area (Å²) in [6.07, 6.45) is 0.814. The molecule has 0 aliphatic carbocycles. The third kappa shape index (κ3) is 4.26. The molecule has 1 N–H and O–H groups in total. The first-order valence-corrected chi connectivity index (χ1v) is 5.24. The Labute approximate surface area is 100 Å². The first-order valence-electron chi connectivity index (χ1n) is 5.24. The first kappa shape index (κ1) is 13.2. The van der Waals surface area contributed by atoms with Crippen LogP contribution in [0, 0.1) is 5.82 Å². The molecular formula is C13H16FNO2. The van der Waals surface area contributed by atoms with E-state index < -0.39 is 11.7 Å². The Kier molecular flexibility index (Phi) is 3.89. The van der Waals surface area contributed by atoms with Gasteiger partial charge < -0.3 is 4.74 Å². The van der Waals surface area contributed by atoms with Gasteiger partial charge in [-0.25, -0.2) is 9.18 Å². The van der Waals surface area contributed by atoms with E-state index in [2.05, 4.69) is 11.9 Å². The lowest BCUT2D eigenvalue weighted by molar-refractivity contribution is 0.0636. The van der Waals surface area contributed by atoms with Crippen LogP contribution in [0.1, 0.15) is 26.3 Å². The van der Waals surface area contributed by atoms with Crippen molar-refractivity contribution in [1.82, 2.24) is 0 Å². The molecule has 0 unspecified atom stereocenters. The second-order valence-corrected chi connectivity index (χ2v) is 4.57. The van der Waals surface area contributed by atoms with E-state index in [9.17, 15) is 9.18 Å². The summed E-state index contributed by atoms with van der Waals surface area (Å²) in [6.45, 7) is 8.80. The fraction of sp³-hybridized carbons (Fsp3) is 0.308. The summed E-state index contributed by atoms with van der Waals surface area (Å²) < 4.78 is 18.2. The Balaban J connectivity index is 2.75. The van der Waals surface area contributed by atoms with Gasteiger partial charge in [-0.2, -0.15) is 0 Å². The number of halogens is 1. The first-order chi connectivity index (χ1) is 7.81. The number of rotatable bonds is 2. The van der Waals surface area contributed by atoms with E-state index in [4.69, 9.17) is 4.74 Å². The Morgan fingerprint density at radius 3 is 2.65 bits per heavy atom. The standard InChI is InChI=1S/C13H16FNO2/c1-5-9-8-10(6-7-11(9)14)15-12(16)17-13(2,3)4/h5-8H,1H2,2-4H3,(H,15,16). The number of anilines is 1. The number of hydrogen-bond donors (Lipinski definition) is 1. The Bertz CT molecular complexity index is 436. The monoisotopic (exact) mass is 237 g/mol.